The second-order valence-electron chi connectivity index (χ2n) is 5.12. The number of carboxylic acid groups (broad SMARTS) is 1. The van der Waals surface area contributed by atoms with E-state index in [1.54, 1.807) is 12.4 Å². The molecule has 0 unspecified atom stereocenters. The van der Waals surface area contributed by atoms with Crippen LogP contribution in [0.5, 0.6) is 0 Å². The number of aliphatic carboxylic acids is 1. The molecule has 1 aromatic heterocycles. The van der Waals surface area contributed by atoms with E-state index < -0.39 is 5.97 Å². The Balaban J connectivity index is 1.77. The second kappa shape index (κ2) is 6.87. The van der Waals surface area contributed by atoms with Crippen LogP contribution in [-0.4, -0.2) is 34.0 Å². The van der Waals surface area contributed by atoms with Crippen LogP contribution in [0.1, 0.15) is 31.2 Å². The number of piperidine rings is 1. The van der Waals surface area contributed by atoms with E-state index in [0.717, 1.165) is 49.5 Å². The molecule has 1 aliphatic heterocycles. The zero-order valence-corrected chi connectivity index (χ0v) is 11.6. The van der Waals surface area contributed by atoms with Crippen molar-refractivity contribution in [2.75, 3.05) is 13.1 Å². The molecule has 104 valence electrons. The highest BCUT2D eigenvalue weighted by molar-refractivity contribution is 6.31. The summed E-state index contributed by atoms with van der Waals surface area (Å²) in [6.45, 7) is 2.89. The Kier molecular flexibility index (Phi) is 5.16. The zero-order chi connectivity index (χ0) is 13.7. The summed E-state index contributed by atoms with van der Waals surface area (Å²) in [7, 11) is 0. The lowest BCUT2D eigenvalue weighted by Gasteiger charge is -2.31. The molecule has 1 aromatic rings. The fourth-order valence-electron chi connectivity index (χ4n) is 2.53. The Morgan fingerprint density at radius 2 is 2.21 bits per heavy atom. The quantitative estimate of drug-likeness (QED) is 0.902. The summed E-state index contributed by atoms with van der Waals surface area (Å²) in [4.78, 5) is 16.9. The molecular weight excluding hydrogens is 264 g/mol. The van der Waals surface area contributed by atoms with E-state index in [9.17, 15) is 4.79 Å². The van der Waals surface area contributed by atoms with Gasteiger partial charge in [0.1, 0.15) is 0 Å². The normalized spacial score (nSPS) is 17.5. The molecule has 0 bridgehead atoms. The predicted molar refractivity (Wildman–Crippen MR) is 74.1 cm³/mol. The summed E-state index contributed by atoms with van der Waals surface area (Å²) < 4.78 is 0. The van der Waals surface area contributed by atoms with Crippen molar-refractivity contribution in [1.29, 1.82) is 0 Å². The molecule has 0 amide bonds. The highest BCUT2D eigenvalue weighted by Gasteiger charge is 2.20. The van der Waals surface area contributed by atoms with Crippen molar-refractivity contribution < 1.29 is 9.90 Å². The van der Waals surface area contributed by atoms with Crippen molar-refractivity contribution >= 4 is 17.6 Å². The summed E-state index contributed by atoms with van der Waals surface area (Å²) in [5.74, 6) is -0.133. The van der Waals surface area contributed by atoms with Crippen LogP contribution in [0.4, 0.5) is 0 Å². The third kappa shape index (κ3) is 4.48. The van der Waals surface area contributed by atoms with Gasteiger partial charge in [0.25, 0.3) is 0 Å². The van der Waals surface area contributed by atoms with Crippen LogP contribution in [0, 0.1) is 5.92 Å². The maximum absolute atomic E-state index is 10.6. The molecule has 19 heavy (non-hydrogen) atoms. The first-order valence-corrected chi connectivity index (χ1v) is 7.05. The first-order chi connectivity index (χ1) is 9.15. The monoisotopic (exact) mass is 282 g/mol. The lowest BCUT2D eigenvalue weighted by atomic mass is 9.92. The maximum atomic E-state index is 10.6. The Bertz CT molecular complexity index is 431. The lowest BCUT2D eigenvalue weighted by molar-refractivity contribution is -0.137. The minimum atomic E-state index is -0.689. The standard InChI is InChI=1S/C14H19ClN2O2/c15-13-9-16-6-3-12(13)10-17-7-4-11(5-8-17)1-2-14(18)19/h3,6,9,11H,1-2,4-5,7-8,10H2,(H,18,19). The van der Waals surface area contributed by atoms with Crippen LogP contribution in [0.2, 0.25) is 5.02 Å². The van der Waals surface area contributed by atoms with Gasteiger partial charge in [-0.3, -0.25) is 14.7 Å². The number of carbonyl (C=O) groups is 1. The SMILES string of the molecule is O=C(O)CCC1CCN(Cc2ccncc2Cl)CC1. The summed E-state index contributed by atoms with van der Waals surface area (Å²) in [5.41, 5.74) is 1.11. The van der Waals surface area contributed by atoms with E-state index in [2.05, 4.69) is 9.88 Å². The van der Waals surface area contributed by atoms with Gasteiger partial charge in [0, 0.05) is 25.4 Å². The van der Waals surface area contributed by atoms with E-state index >= 15 is 0 Å². The molecular formula is C14H19ClN2O2. The molecule has 1 saturated heterocycles. The van der Waals surface area contributed by atoms with Gasteiger partial charge < -0.3 is 5.11 Å². The Morgan fingerprint density at radius 1 is 1.47 bits per heavy atom. The molecule has 4 nitrogen and oxygen atoms in total. The number of halogens is 1. The summed E-state index contributed by atoms with van der Waals surface area (Å²) in [5, 5.41) is 9.41. The predicted octanol–water partition coefficient (Wildman–Crippen LogP) is 2.81. The molecule has 2 rings (SSSR count). The number of rotatable bonds is 5. The third-order valence-electron chi connectivity index (χ3n) is 3.72. The van der Waals surface area contributed by atoms with Crippen LogP contribution >= 0.6 is 11.6 Å². The smallest absolute Gasteiger partial charge is 0.303 e. The van der Waals surface area contributed by atoms with E-state index in [4.69, 9.17) is 16.7 Å². The van der Waals surface area contributed by atoms with Gasteiger partial charge in [0.15, 0.2) is 0 Å². The molecule has 1 N–H and O–H groups in total. The zero-order valence-electron chi connectivity index (χ0n) is 10.9. The number of pyridine rings is 1. The molecule has 1 aliphatic rings. The van der Waals surface area contributed by atoms with Gasteiger partial charge in [0.2, 0.25) is 0 Å². The van der Waals surface area contributed by atoms with Crippen molar-refractivity contribution in [3.05, 3.63) is 29.0 Å². The largest absolute Gasteiger partial charge is 0.481 e. The fourth-order valence-corrected chi connectivity index (χ4v) is 2.71. The summed E-state index contributed by atoms with van der Waals surface area (Å²) in [6, 6.07) is 1.96. The summed E-state index contributed by atoms with van der Waals surface area (Å²) in [6.07, 6.45) is 6.70. The van der Waals surface area contributed by atoms with Crippen molar-refractivity contribution in [3.8, 4) is 0 Å². The van der Waals surface area contributed by atoms with Gasteiger partial charge in [-0.15, -0.1) is 0 Å². The van der Waals surface area contributed by atoms with Crippen LogP contribution in [0.15, 0.2) is 18.5 Å². The molecule has 0 radical (unpaired) electrons. The van der Waals surface area contributed by atoms with Gasteiger partial charge in [-0.2, -0.15) is 0 Å². The molecule has 0 saturated carbocycles. The van der Waals surface area contributed by atoms with Gasteiger partial charge in [0.05, 0.1) is 5.02 Å². The van der Waals surface area contributed by atoms with Crippen molar-refractivity contribution in [1.82, 2.24) is 9.88 Å². The maximum Gasteiger partial charge on any atom is 0.303 e. The third-order valence-corrected chi connectivity index (χ3v) is 4.06. The molecule has 0 aromatic carbocycles. The first-order valence-electron chi connectivity index (χ1n) is 6.67. The number of hydrogen-bond donors (Lipinski definition) is 1. The van der Waals surface area contributed by atoms with E-state index in [1.165, 1.54) is 0 Å². The van der Waals surface area contributed by atoms with Gasteiger partial charge in [-0.1, -0.05) is 11.6 Å². The Hall–Kier alpha value is -1.13. The van der Waals surface area contributed by atoms with Crippen LogP contribution in [0.25, 0.3) is 0 Å². The molecule has 0 aliphatic carbocycles. The number of carboxylic acids is 1. The average molecular weight is 283 g/mol. The Morgan fingerprint density at radius 3 is 2.84 bits per heavy atom. The second-order valence-corrected chi connectivity index (χ2v) is 5.53. The number of likely N-dealkylation sites (tertiary alicyclic amines) is 1. The molecule has 5 heteroatoms. The summed E-state index contributed by atoms with van der Waals surface area (Å²) >= 11 is 6.10. The van der Waals surface area contributed by atoms with Crippen LogP contribution < -0.4 is 0 Å². The first kappa shape index (κ1) is 14.3. The molecule has 0 atom stereocenters. The number of nitrogens with zero attached hydrogens (tertiary/aromatic N) is 2. The lowest BCUT2D eigenvalue weighted by Crippen LogP contribution is -2.33. The highest BCUT2D eigenvalue weighted by Crippen LogP contribution is 2.24. The molecule has 1 fully saturated rings. The highest BCUT2D eigenvalue weighted by atomic mass is 35.5. The van der Waals surface area contributed by atoms with E-state index in [1.807, 2.05) is 6.07 Å². The fraction of sp³-hybridized carbons (Fsp3) is 0.571. The topological polar surface area (TPSA) is 53.4 Å². The van der Waals surface area contributed by atoms with E-state index in [0.29, 0.717) is 12.3 Å². The van der Waals surface area contributed by atoms with Crippen molar-refractivity contribution in [2.45, 2.75) is 32.2 Å². The number of aromatic nitrogens is 1. The number of hydrogen-bond acceptors (Lipinski definition) is 3. The van der Waals surface area contributed by atoms with Gasteiger partial charge >= 0.3 is 5.97 Å². The van der Waals surface area contributed by atoms with Crippen molar-refractivity contribution in [2.24, 2.45) is 5.92 Å². The van der Waals surface area contributed by atoms with Gasteiger partial charge in [-0.25, -0.2) is 0 Å². The van der Waals surface area contributed by atoms with Crippen LogP contribution in [0.3, 0.4) is 0 Å². The van der Waals surface area contributed by atoms with Crippen molar-refractivity contribution in [3.63, 3.8) is 0 Å². The minimum absolute atomic E-state index is 0.293. The minimum Gasteiger partial charge on any atom is -0.481 e. The van der Waals surface area contributed by atoms with Crippen LogP contribution in [-0.2, 0) is 11.3 Å². The van der Waals surface area contributed by atoms with Gasteiger partial charge in [-0.05, 0) is 49.9 Å². The average Bonchev–Trinajstić information content (AvgIpc) is 2.40. The Labute approximate surface area is 118 Å². The van der Waals surface area contributed by atoms with E-state index in [-0.39, 0.29) is 0 Å². The molecule has 0 spiro atoms. The molecule has 2 heterocycles.